The first kappa shape index (κ1) is 38.3. The van der Waals surface area contributed by atoms with Gasteiger partial charge in [0.1, 0.15) is 11.5 Å². The van der Waals surface area contributed by atoms with Crippen molar-refractivity contribution in [3.63, 3.8) is 0 Å². The van der Waals surface area contributed by atoms with Crippen molar-refractivity contribution in [2.24, 2.45) is 0 Å². The highest BCUT2D eigenvalue weighted by molar-refractivity contribution is 6.25. The first-order chi connectivity index (χ1) is 30.7. The summed E-state index contributed by atoms with van der Waals surface area (Å²) in [5.41, 5.74) is 19.1. The van der Waals surface area contributed by atoms with Crippen molar-refractivity contribution >= 4 is 66.4 Å². The zero-order chi connectivity index (χ0) is 42.9. The average molecular weight is 813 g/mol. The van der Waals surface area contributed by atoms with Gasteiger partial charge in [-0.15, -0.1) is 0 Å². The van der Waals surface area contributed by atoms with Crippen LogP contribution in [-0.4, -0.2) is 0 Å². The third kappa shape index (κ3) is 6.43. The van der Waals surface area contributed by atoms with E-state index in [0.717, 1.165) is 45.2 Å². The fourth-order valence-corrected chi connectivity index (χ4v) is 10.4. The molecule has 11 rings (SSSR count). The van der Waals surface area contributed by atoms with Gasteiger partial charge in [0.15, 0.2) is 0 Å². The molecule has 0 fully saturated rings. The van der Waals surface area contributed by atoms with Crippen LogP contribution in [0.3, 0.4) is 0 Å². The summed E-state index contributed by atoms with van der Waals surface area (Å²) in [6, 6.07) is 66.5. The second-order valence-corrected chi connectivity index (χ2v) is 17.3. The number of benzene rings is 10. The SMILES string of the molecule is Cc1cc(C)c(N(c2ccccc2)c2ccc(-c3cc4c5cccc6c5c(cc4c4ccccc34)-c3ccc(N(c4ccccc4)c4c(C)cc(C)cc4C)cc3O6)cc2)c(C)c1. The fraction of sp³-hybridized carbons (Fsp3) is 0.100. The van der Waals surface area contributed by atoms with Gasteiger partial charge in [-0.25, -0.2) is 0 Å². The maximum Gasteiger partial charge on any atom is 0.137 e. The number of aryl methyl sites for hydroxylation is 6. The van der Waals surface area contributed by atoms with Gasteiger partial charge < -0.3 is 14.5 Å². The Kier molecular flexibility index (Phi) is 9.17. The molecule has 1 heterocycles. The third-order valence-corrected chi connectivity index (χ3v) is 12.9. The monoisotopic (exact) mass is 812 g/mol. The van der Waals surface area contributed by atoms with E-state index in [1.165, 1.54) is 88.4 Å². The van der Waals surface area contributed by atoms with E-state index < -0.39 is 0 Å². The molecule has 10 aromatic rings. The lowest BCUT2D eigenvalue weighted by atomic mass is 9.86. The zero-order valence-electron chi connectivity index (χ0n) is 36.6. The van der Waals surface area contributed by atoms with Gasteiger partial charge in [-0.05, 0) is 174 Å². The second-order valence-electron chi connectivity index (χ2n) is 17.3. The van der Waals surface area contributed by atoms with Crippen LogP contribution in [0.25, 0.3) is 54.6 Å². The highest BCUT2D eigenvalue weighted by Crippen LogP contribution is 2.52. The minimum atomic E-state index is 0.858. The average Bonchev–Trinajstić information content (AvgIpc) is 3.29. The summed E-state index contributed by atoms with van der Waals surface area (Å²) < 4.78 is 6.94. The molecule has 0 saturated heterocycles. The number of para-hydroxylation sites is 2. The number of rotatable bonds is 7. The van der Waals surface area contributed by atoms with Crippen LogP contribution in [0.1, 0.15) is 33.4 Å². The van der Waals surface area contributed by atoms with E-state index in [1.54, 1.807) is 0 Å². The van der Waals surface area contributed by atoms with Gasteiger partial charge in [-0.2, -0.15) is 0 Å². The number of fused-ring (bicyclic) bond motifs is 6. The molecule has 0 radical (unpaired) electrons. The lowest BCUT2D eigenvalue weighted by Crippen LogP contribution is -2.13. The molecule has 1 aliphatic rings. The molecule has 0 N–H and O–H groups in total. The Morgan fingerprint density at radius 1 is 0.317 bits per heavy atom. The quantitative estimate of drug-likeness (QED) is 0.149. The van der Waals surface area contributed by atoms with Crippen molar-refractivity contribution in [3.8, 4) is 33.8 Å². The Hall–Kier alpha value is -7.62. The molecule has 10 aromatic carbocycles. The van der Waals surface area contributed by atoms with Crippen LogP contribution in [0.2, 0.25) is 0 Å². The molecule has 0 amide bonds. The van der Waals surface area contributed by atoms with E-state index in [2.05, 4.69) is 233 Å². The minimum Gasteiger partial charge on any atom is -0.456 e. The molecule has 0 unspecified atom stereocenters. The molecule has 0 saturated carbocycles. The first-order valence-corrected chi connectivity index (χ1v) is 21.9. The standard InChI is InChI=1S/C60H48N2O/c1-37-30-39(3)59(40(4)31-37)61(44-16-9-7-10-17-44)46-26-24-43(25-27-46)52-35-54-51-22-15-23-56-58(51)55(36-53(54)49-21-14-13-20-48(49)52)50-29-28-47(34-57(50)63-56)62(45-18-11-8-12-19-45)60-41(5)32-38(2)33-42(60)6/h7-36H,1-6H3. The Balaban J connectivity index is 1.05. The molecule has 0 atom stereocenters. The molecule has 0 bridgehead atoms. The lowest BCUT2D eigenvalue weighted by molar-refractivity contribution is 0.487. The molecule has 304 valence electrons. The maximum atomic E-state index is 6.94. The van der Waals surface area contributed by atoms with Gasteiger partial charge in [0.25, 0.3) is 0 Å². The van der Waals surface area contributed by atoms with Crippen LogP contribution in [0.5, 0.6) is 11.5 Å². The summed E-state index contributed by atoms with van der Waals surface area (Å²) >= 11 is 0. The molecular weight excluding hydrogens is 765 g/mol. The van der Waals surface area contributed by atoms with E-state index in [0.29, 0.717) is 0 Å². The second kappa shape index (κ2) is 15.1. The summed E-state index contributed by atoms with van der Waals surface area (Å²) in [5.74, 6) is 1.74. The van der Waals surface area contributed by atoms with E-state index in [4.69, 9.17) is 4.74 Å². The highest BCUT2D eigenvalue weighted by atomic mass is 16.5. The summed E-state index contributed by atoms with van der Waals surface area (Å²) in [4.78, 5) is 4.77. The Labute approximate surface area is 370 Å². The molecule has 0 spiro atoms. The van der Waals surface area contributed by atoms with Crippen molar-refractivity contribution < 1.29 is 4.74 Å². The molecule has 3 heteroatoms. The predicted molar refractivity (Wildman–Crippen MR) is 268 cm³/mol. The fourth-order valence-electron chi connectivity index (χ4n) is 10.4. The minimum absolute atomic E-state index is 0.858. The summed E-state index contributed by atoms with van der Waals surface area (Å²) in [6.07, 6.45) is 0. The van der Waals surface area contributed by atoms with Crippen molar-refractivity contribution in [2.45, 2.75) is 41.5 Å². The maximum absolute atomic E-state index is 6.94. The van der Waals surface area contributed by atoms with Crippen molar-refractivity contribution in [1.82, 2.24) is 0 Å². The predicted octanol–water partition coefficient (Wildman–Crippen LogP) is 17.4. The van der Waals surface area contributed by atoms with Gasteiger partial charge >= 0.3 is 0 Å². The summed E-state index contributed by atoms with van der Waals surface area (Å²) in [7, 11) is 0. The number of ether oxygens (including phenoxy) is 1. The van der Waals surface area contributed by atoms with Gasteiger partial charge in [-0.1, -0.05) is 120 Å². The highest BCUT2D eigenvalue weighted by Gasteiger charge is 2.26. The van der Waals surface area contributed by atoms with Crippen molar-refractivity contribution in [2.75, 3.05) is 9.80 Å². The van der Waals surface area contributed by atoms with Crippen LogP contribution in [0, 0.1) is 41.5 Å². The molecule has 1 aliphatic heterocycles. The largest absolute Gasteiger partial charge is 0.456 e. The molecular formula is C60H48N2O. The third-order valence-electron chi connectivity index (χ3n) is 12.9. The van der Waals surface area contributed by atoms with Gasteiger partial charge in [-0.3, -0.25) is 0 Å². The smallest absolute Gasteiger partial charge is 0.137 e. The molecule has 3 nitrogen and oxygen atoms in total. The Bertz CT molecular complexity index is 3380. The van der Waals surface area contributed by atoms with Gasteiger partial charge in [0.05, 0.1) is 11.4 Å². The Morgan fingerprint density at radius 3 is 1.40 bits per heavy atom. The summed E-state index contributed by atoms with van der Waals surface area (Å²) in [6.45, 7) is 13.2. The molecule has 63 heavy (non-hydrogen) atoms. The lowest BCUT2D eigenvalue weighted by Gasteiger charge is -2.30. The van der Waals surface area contributed by atoms with Crippen molar-refractivity contribution in [1.29, 1.82) is 0 Å². The number of anilines is 6. The van der Waals surface area contributed by atoms with Gasteiger partial charge in [0, 0.05) is 39.8 Å². The van der Waals surface area contributed by atoms with E-state index in [-0.39, 0.29) is 0 Å². The van der Waals surface area contributed by atoms with Crippen LogP contribution in [0.4, 0.5) is 34.1 Å². The van der Waals surface area contributed by atoms with E-state index in [9.17, 15) is 0 Å². The van der Waals surface area contributed by atoms with Crippen LogP contribution in [0.15, 0.2) is 182 Å². The zero-order valence-corrected chi connectivity index (χ0v) is 36.6. The van der Waals surface area contributed by atoms with Crippen molar-refractivity contribution in [3.05, 3.63) is 215 Å². The first-order valence-electron chi connectivity index (χ1n) is 21.9. The van der Waals surface area contributed by atoms with E-state index in [1.807, 2.05) is 0 Å². The van der Waals surface area contributed by atoms with Crippen LogP contribution < -0.4 is 14.5 Å². The van der Waals surface area contributed by atoms with Gasteiger partial charge in [0.2, 0.25) is 0 Å². The topological polar surface area (TPSA) is 15.7 Å². The van der Waals surface area contributed by atoms with Crippen LogP contribution in [-0.2, 0) is 0 Å². The number of nitrogens with zero attached hydrogens (tertiary/aromatic N) is 2. The summed E-state index contributed by atoms with van der Waals surface area (Å²) in [5, 5.41) is 7.26. The van der Waals surface area contributed by atoms with E-state index >= 15 is 0 Å². The molecule has 0 aliphatic carbocycles. The van der Waals surface area contributed by atoms with Crippen LogP contribution >= 0.6 is 0 Å². The Morgan fingerprint density at radius 2 is 0.794 bits per heavy atom. The molecule has 0 aromatic heterocycles. The number of hydrogen-bond donors (Lipinski definition) is 0. The number of hydrogen-bond acceptors (Lipinski definition) is 3. The normalized spacial score (nSPS) is 11.8.